The summed E-state index contributed by atoms with van der Waals surface area (Å²) in [4.78, 5) is 0. The Labute approximate surface area is 96.3 Å². The molecule has 0 N–H and O–H groups in total. The third-order valence-corrected chi connectivity index (χ3v) is 2.31. The standard InChI is InChI=1S/C9H6BrF5O/c10-4-6-3-5(8(11)12)1-2-7(6)16-9(13,14)15/h1-3,8H,4H2. The molecule has 0 amide bonds. The molecule has 1 aromatic carbocycles. The molecule has 0 bridgehead atoms. The lowest BCUT2D eigenvalue weighted by Gasteiger charge is -2.13. The van der Waals surface area contributed by atoms with E-state index < -0.39 is 18.5 Å². The fourth-order valence-corrected chi connectivity index (χ4v) is 1.50. The van der Waals surface area contributed by atoms with Crippen LogP contribution in [0, 0.1) is 0 Å². The molecule has 0 saturated heterocycles. The van der Waals surface area contributed by atoms with E-state index in [0.717, 1.165) is 18.2 Å². The van der Waals surface area contributed by atoms with E-state index in [0.29, 0.717) is 0 Å². The molecule has 0 aromatic heterocycles. The predicted molar refractivity (Wildman–Crippen MR) is 50.7 cm³/mol. The lowest BCUT2D eigenvalue weighted by atomic mass is 10.1. The van der Waals surface area contributed by atoms with Gasteiger partial charge in [0.25, 0.3) is 6.43 Å². The van der Waals surface area contributed by atoms with Crippen LogP contribution >= 0.6 is 15.9 Å². The lowest BCUT2D eigenvalue weighted by Crippen LogP contribution is -2.18. The van der Waals surface area contributed by atoms with Gasteiger partial charge in [0.1, 0.15) is 5.75 Å². The largest absolute Gasteiger partial charge is 0.573 e. The predicted octanol–water partition coefficient (Wildman–Crippen LogP) is 4.42. The first-order valence-corrected chi connectivity index (χ1v) is 5.18. The molecule has 0 fully saturated rings. The average molecular weight is 305 g/mol. The molecule has 90 valence electrons. The molecule has 0 spiro atoms. The number of benzene rings is 1. The van der Waals surface area contributed by atoms with E-state index in [1.807, 2.05) is 0 Å². The van der Waals surface area contributed by atoms with Crippen LogP contribution in [0.5, 0.6) is 5.75 Å². The third-order valence-electron chi connectivity index (χ3n) is 1.71. The van der Waals surface area contributed by atoms with Crippen LogP contribution in [0.15, 0.2) is 18.2 Å². The van der Waals surface area contributed by atoms with Gasteiger partial charge in [0.15, 0.2) is 0 Å². The van der Waals surface area contributed by atoms with Gasteiger partial charge in [-0.1, -0.05) is 15.9 Å². The van der Waals surface area contributed by atoms with Crippen molar-refractivity contribution in [3.05, 3.63) is 29.3 Å². The maximum Gasteiger partial charge on any atom is 0.573 e. The summed E-state index contributed by atoms with van der Waals surface area (Å²) in [5.74, 6) is -0.478. The van der Waals surface area contributed by atoms with Gasteiger partial charge in [-0.3, -0.25) is 0 Å². The topological polar surface area (TPSA) is 9.23 Å². The molecular formula is C9H6BrF5O. The average Bonchev–Trinajstić information content (AvgIpc) is 2.15. The van der Waals surface area contributed by atoms with Crippen molar-refractivity contribution in [2.75, 3.05) is 0 Å². The smallest absolute Gasteiger partial charge is 0.405 e. The first-order chi connectivity index (χ1) is 7.33. The molecule has 0 atom stereocenters. The number of hydrogen-bond acceptors (Lipinski definition) is 1. The zero-order chi connectivity index (χ0) is 12.3. The van der Waals surface area contributed by atoms with Crippen molar-refractivity contribution < 1.29 is 26.7 Å². The highest BCUT2D eigenvalue weighted by atomic mass is 79.9. The van der Waals surface area contributed by atoms with E-state index in [4.69, 9.17) is 0 Å². The molecular weight excluding hydrogens is 299 g/mol. The van der Waals surface area contributed by atoms with E-state index in [2.05, 4.69) is 20.7 Å². The summed E-state index contributed by atoms with van der Waals surface area (Å²) in [6.07, 6.45) is -7.55. The molecule has 0 aliphatic carbocycles. The Balaban J connectivity index is 3.02. The Bertz CT molecular complexity index is 363. The second-order valence-electron chi connectivity index (χ2n) is 2.85. The van der Waals surface area contributed by atoms with Crippen molar-refractivity contribution in [2.24, 2.45) is 0 Å². The Morgan fingerprint density at radius 1 is 1.25 bits per heavy atom. The van der Waals surface area contributed by atoms with Crippen LogP contribution in [0.1, 0.15) is 17.6 Å². The van der Waals surface area contributed by atoms with E-state index in [1.54, 1.807) is 0 Å². The zero-order valence-corrected chi connectivity index (χ0v) is 9.28. The summed E-state index contributed by atoms with van der Waals surface area (Å²) in [7, 11) is 0. The van der Waals surface area contributed by atoms with Crippen LogP contribution in [0.3, 0.4) is 0 Å². The Morgan fingerprint density at radius 2 is 1.88 bits per heavy atom. The van der Waals surface area contributed by atoms with Crippen LogP contribution < -0.4 is 4.74 Å². The summed E-state index contributed by atoms with van der Waals surface area (Å²) >= 11 is 2.91. The second-order valence-corrected chi connectivity index (χ2v) is 3.41. The van der Waals surface area contributed by atoms with Gasteiger partial charge in [0, 0.05) is 16.5 Å². The number of alkyl halides is 6. The highest BCUT2D eigenvalue weighted by molar-refractivity contribution is 9.08. The molecule has 0 heterocycles. The van der Waals surface area contributed by atoms with Crippen molar-refractivity contribution in [3.8, 4) is 5.75 Å². The van der Waals surface area contributed by atoms with Crippen LogP contribution in [0.25, 0.3) is 0 Å². The molecule has 7 heteroatoms. The van der Waals surface area contributed by atoms with E-state index in [9.17, 15) is 22.0 Å². The summed E-state index contributed by atoms with van der Waals surface area (Å²) in [6.45, 7) is 0. The summed E-state index contributed by atoms with van der Waals surface area (Å²) in [6, 6.07) is 2.75. The van der Waals surface area contributed by atoms with E-state index in [-0.39, 0.29) is 16.5 Å². The van der Waals surface area contributed by atoms with Crippen molar-refractivity contribution in [1.29, 1.82) is 0 Å². The monoisotopic (exact) mass is 304 g/mol. The zero-order valence-electron chi connectivity index (χ0n) is 7.69. The molecule has 0 aliphatic heterocycles. The van der Waals surface area contributed by atoms with Gasteiger partial charge in [0.2, 0.25) is 0 Å². The molecule has 0 unspecified atom stereocenters. The normalized spacial score (nSPS) is 11.9. The molecule has 16 heavy (non-hydrogen) atoms. The molecule has 0 radical (unpaired) electrons. The summed E-state index contributed by atoms with van der Waals surface area (Å²) in [5, 5.41) is -0.00102. The molecule has 1 aromatic rings. The number of halogens is 6. The molecule has 0 aliphatic rings. The van der Waals surface area contributed by atoms with Gasteiger partial charge in [-0.15, -0.1) is 13.2 Å². The van der Waals surface area contributed by atoms with E-state index in [1.165, 1.54) is 0 Å². The SMILES string of the molecule is FC(F)c1ccc(OC(F)(F)F)c(CBr)c1. The van der Waals surface area contributed by atoms with Crippen LogP contribution in [-0.2, 0) is 5.33 Å². The highest BCUT2D eigenvalue weighted by Crippen LogP contribution is 2.31. The minimum Gasteiger partial charge on any atom is -0.405 e. The molecule has 1 nitrogen and oxygen atoms in total. The Morgan fingerprint density at radius 3 is 2.31 bits per heavy atom. The lowest BCUT2D eigenvalue weighted by molar-refractivity contribution is -0.274. The maximum atomic E-state index is 12.3. The van der Waals surface area contributed by atoms with Crippen molar-refractivity contribution in [2.45, 2.75) is 18.1 Å². The minimum atomic E-state index is -4.83. The second kappa shape index (κ2) is 4.99. The van der Waals surface area contributed by atoms with Crippen LogP contribution in [0.4, 0.5) is 22.0 Å². The van der Waals surface area contributed by atoms with Crippen LogP contribution in [0.2, 0.25) is 0 Å². The fraction of sp³-hybridized carbons (Fsp3) is 0.333. The van der Waals surface area contributed by atoms with Gasteiger partial charge in [-0.05, 0) is 18.2 Å². The van der Waals surface area contributed by atoms with Gasteiger partial charge in [-0.2, -0.15) is 0 Å². The summed E-state index contributed by atoms with van der Waals surface area (Å²) in [5.41, 5.74) is -0.320. The molecule has 1 rings (SSSR count). The fourth-order valence-electron chi connectivity index (χ4n) is 1.06. The first kappa shape index (κ1) is 13.2. The Kier molecular flexibility index (Phi) is 4.12. The third kappa shape index (κ3) is 3.62. The number of hydrogen-bond donors (Lipinski definition) is 0. The number of rotatable bonds is 3. The van der Waals surface area contributed by atoms with Crippen LogP contribution in [-0.4, -0.2) is 6.36 Å². The first-order valence-electron chi connectivity index (χ1n) is 4.06. The van der Waals surface area contributed by atoms with Gasteiger partial charge in [-0.25, -0.2) is 8.78 Å². The van der Waals surface area contributed by atoms with Crippen molar-refractivity contribution >= 4 is 15.9 Å². The van der Waals surface area contributed by atoms with Gasteiger partial charge >= 0.3 is 6.36 Å². The molecule has 0 saturated carbocycles. The number of ether oxygens (including phenoxy) is 1. The summed E-state index contributed by atoms with van der Waals surface area (Å²) < 4.78 is 64.0. The quantitative estimate of drug-likeness (QED) is 0.593. The van der Waals surface area contributed by atoms with Gasteiger partial charge in [0.05, 0.1) is 0 Å². The van der Waals surface area contributed by atoms with E-state index >= 15 is 0 Å². The van der Waals surface area contributed by atoms with Gasteiger partial charge < -0.3 is 4.74 Å². The minimum absolute atomic E-state index is 0.00102. The highest BCUT2D eigenvalue weighted by Gasteiger charge is 2.32. The maximum absolute atomic E-state index is 12.3. The van der Waals surface area contributed by atoms with Crippen molar-refractivity contribution in [3.63, 3.8) is 0 Å². The van der Waals surface area contributed by atoms with Crippen molar-refractivity contribution in [1.82, 2.24) is 0 Å². The Hall–Kier alpha value is -0.850.